The molecule has 1 aliphatic carbocycles. The molecule has 3 N–H and O–H groups in total. The molecule has 1 atom stereocenters. The van der Waals surface area contributed by atoms with Gasteiger partial charge in [-0.15, -0.1) is 0 Å². The first-order chi connectivity index (χ1) is 9.01. The zero-order valence-corrected chi connectivity index (χ0v) is 12.6. The third-order valence-corrected chi connectivity index (χ3v) is 4.92. The standard InChI is InChI=1S/C14H19ClN2OS/c1-14(13(16)18,17-11-6-7-11)9-19-8-10-4-2-3-5-12(10)15/h2-5,11,17H,6-9H2,1H3,(H2,16,18). The van der Waals surface area contributed by atoms with E-state index in [4.69, 9.17) is 17.3 Å². The molecule has 3 nitrogen and oxygen atoms in total. The maximum absolute atomic E-state index is 11.6. The molecule has 104 valence electrons. The second kappa shape index (κ2) is 6.16. The number of primary amides is 1. The second-order valence-corrected chi connectivity index (χ2v) is 6.59. The van der Waals surface area contributed by atoms with Gasteiger partial charge in [0, 0.05) is 22.6 Å². The predicted octanol–water partition coefficient (Wildman–Crippen LogP) is 2.57. The second-order valence-electron chi connectivity index (χ2n) is 5.20. The summed E-state index contributed by atoms with van der Waals surface area (Å²) in [5, 5.41) is 4.11. The molecular formula is C14H19ClN2OS. The quantitative estimate of drug-likeness (QED) is 0.813. The average molecular weight is 299 g/mol. The lowest BCUT2D eigenvalue weighted by Crippen LogP contribution is -2.56. The lowest BCUT2D eigenvalue weighted by Gasteiger charge is -2.27. The fourth-order valence-electron chi connectivity index (χ4n) is 1.84. The minimum atomic E-state index is -0.632. The lowest BCUT2D eigenvalue weighted by atomic mass is 10.1. The van der Waals surface area contributed by atoms with E-state index in [-0.39, 0.29) is 5.91 Å². The van der Waals surface area contributed by atoms with Gasteiger partial charge in [0.2, 0.25) is 5.91 Å². The molecule has 2 rings (SSSR count). The Hall–Kier alpha value is -0.710. The highest BCUT2D eigenvalue weighted by molar-refractivity contribution is 7.98. The summed E-state index contributed by atoms with van der Waals surface area (Å²) < 4.78 is 0. The summed E-state index contributed by atoms with van der Waals surface area (Å²) in [5.41, 5.74) is 5.97. The summed E-state index contributed by atoms with van der Waals surface area (Å²) >= 11 is 7.79. The first-order valence-electron chi connectivity index (χ1n) is 6.40. The monoisotopic (exact) mass is 298 g/mol. The maximum Gasteiger partial charge on any atom is 0.238 e. The Labute approximate surface area is 123 Å². The Morgan fingerprint density at radius 2 is 2.21 bits per heavy atom. The van der Waals surface area contributed by atoms with Crippen LogP contribution in [0.25, 0.3) is 0 Å². The molecule has 1 saturated carbocycles. The SMILES string of the molecule is CC(CSCc1ccccc1Cl)(NC1CC1)C(N)=O. The van der Waals surface area contributed by atoms with Crippen molar-refractivity contribution in [2.45, 2.75) is 37.1 Å². The van der Waals surface area contributed by atoms with E-state index in [1.165, 1.54) is 0 Å². The average Bonchev–Trinajstić information content (AvgIpc) is 3.15. The molecule has 0 bridgehead atoms. The number of amides is 1. The van der Waals surface area contributed by atoms with Crippen LogP contribution in [-0.4, -0.2) is 23.2 Å². The van der Waals surface area contributed by atoms with Gasteiger partial charge in [0.25, 0.3) is 0 Å². The molecule has 1 amide bonds. The fraction of sp³-hybridized carbons (Fsp3) is 0.500. The molecule has 1 fully saturated rings. The maximum atomic E-state index is 11.6. The van der Waals surface area contributed by atoms with Gasteiger partial charge >= 0.3 is 0 Å². The Morgan fingerprint density at radius 1 is 1.53 bits per heavy atom. The van der Waals surface area contributed by atoms with E-state index < -0.39 is 5.54 Å². The van der Waals surface area contributed by atoms with Crippen molar-refractivity contribution in [1.82, 2.24) is 5.32 Å². The Kier molecular flexibility index (Phi) is 4.76. The van der Waals surface area contributed by atoms with E-state index in [1.54, 1.807) is 11.8 Å². The summed E-state index contributed by atoms with van der Waals surface area (Å²) in [6.07, 6.45) is 2.27. The van der Waals surface area contributed by atoms with Crippen molar-refractivity contribution >= 4 is 29.3 Å². The molecule has 0 aromatic heterocycles. The van der Waals surface area contributed by atoms with Crippen LogP contribution in [0.15, 0.2) is 24.3 Å². The van der Waals surface area contributed by atoms with Gasteiger partial charge in [0.05, 0.1) is 0 Å². The number of nitrogens with two attached hydrogens (primary N) is 1. The van der Waals surface area contributed by atoms with E-state index in [9.17, 15) is 4.79 Å². The zero-order chi connectivity index (χ0) is 13.9. The first-order valence-corrected chi connectivity index (χ1v) is 7.93. The molecule has 0 radical (unpaired) electrons. The molecular weight excluding hydrogens is 280 g/mol. The first kappa shape index (κ1) is 14.7. The van der Waals surface area contributed by atoms with Crippen molar-refractivity contribution in [3.8, 4) is 0 Å². The predicted molar refractivity (Wildman–Crippen MR) is 81.4 cm³/mol. The van der Waals surface area contributed by atoms with Crippen molar-refractivity contribution in [3.05, 3.63) is 34.9 Å². The van der Waals surface area contributed by atoms with Gasteiger partial charge in [-0.05, 0) is 31.4 Å². The van der Waals surface area contributed by atoms with Gasteiger partial charge in [-0.3, -0.25) is 4.79 Å². The smallest absolute Gasteiger partial charge is 0.238 e. The Balaban J connectivity index is 1.88. The van der Waals surface area contributed by atoms with E-state index in [0.717, 1.165) is 29.2 Å². The van der Waals surface area contributed by atoms with Gasteiger partial charge in [-0.2, -0.15) is 11.8 Å². The molecule has 5 heteroatoms. The lowest BCUT2D eigenvalue weighted by molar-refractivity contribution is -0.123. The number of hydrogen-bond acceptors (Lipinski definition) is 3. The van der Waals surface area contributed by atoms with Crippen LogP contribution in [0.2, 0.25) is 5.02 Å². The summed E-state index contributed by atoms with van der Waals surface area (Å²) in [6.45, 7) is 1.88. The van der Waals surface area contributed by atoms with Crippen LogP contribution in [0.5, 0.6) is 0 Å². The number of thioether (sulfide) groups is 1. The summed E-state index contributed by atoms with van der Waals surface area (Å²) in [6, 6.07) is 8.23. The summed E-state index contributed by atoms with van der Waals surface area (Å²) in [7, 11) is 0. The number of hydrogen-bond donors (Lipinski definition) is 2. The number of carbonyl (C=O) groups excluding carboxylic acids is 1. The third-order valence-electron chi connectivity index (χ3n) is 3.25. The van der Waals surface area contributed by atoms with Crippen LogP contribution in [0, 0.1) is 0 Å². The van der Waals surface area contributed by atoms with Crippen molar-refractivity contribution in [2.24, 2.45) is 5.73 Å². The number of nitrogens with one attached hydrogen (secondary N) is 1. The van der Waals surface area contributed by atoms with Gasteiger partial charge in [-0.25, -0.2) is 0 Å². The highest BCUT2D eigenvalue weighted by Crippen LogP contribution is 2.27. The molecule has 1 aromatic carbocycles. The van der Waals surface area contributed by atoms with Crippen LogP contribution in [0.1, 0.15) is 25.3 Å². The van der Waals surface area contributed by atoms with E-state index in [2.05, 4.69) is 5.32 Å². The van der Waals surface area contributed by atoms with Crippen molar-refractivity contribution in [3.63, 3.8) is 0 Å². The molecule has 1 aromatic rings. The number of carbonyl (C=O) groups is 1. The molecule has 1 aliphatic rings. The Morgan fingerprint density at radius 3 is 2.79 bits per heavy atom. The zero-order valence-electron chi connectivity index (χ0n) is 11.0. The normalized spacial score (nSPS) is 18.0. The summed E-state index contributed by atoms with van der Waals surface area (Å²) in [5.74, 6) is 1.16. The largest absolute Gasteiger partial charge is 0.368 e. The van der Waals surface area contributed by atoms with Crippen LogP contribution in [0.3, 0.4) is 0 Å². The fourth-order valence-corrected chi connectivity index (χ4v) is 3.33. The molecule has 19 heavy (non-hydrogen) atoms. The van der Waals surface area contributed by atoms with E-state index >= 15 is 0 Å². The third kappa shape index (κ3) is 4.13. The van der Waals surface area contributed by atoms with Crippen molar-refractivity contribution in [1.29, 1.82) is 0 Å². The Bertz CT molecular complexity index is 465. The number of halogens is 1. The minimum absolute atomic E-state index is 0.286. The van der Waals surface area contributed by atoms with Crippen LogP contribution >= 0.6 is 23.4 Å². The molecule has 0 saturated heterocycles. The number of rotatable bonds is 7. The van der Waals surface area contributed by atoms with Gasteiger partial charge < -0.3 is 11.1 Å². The molecule has 1 unspecified atom stereocenters. The highest BCUT2D eigenvalue weighted by atomic mass is 35.5. The van der Waals surface area contributed by atoms with Gasteiger partial charge in [0.1, 0.15) is 5.54 Å². The van der Waals surface area contributed by atoms with Crippen molar-refractivity contribution in [2.75, 3.05) is 5.75 Å². The minimum Gasteiger partial charge on any atom is -0.368 e. The van der Waals surface area contributed by atoms with E-state index in [0.29, 0.717) is 11.8 Å². The van der Waals surface area contributed by atoms with Crippen LogP contribution < -0.4 is 11.1 Å². The topological polar surface area (TPSA) is 55.1 Å². The van der Waals surface area contributed by atoms with Gasteiger partial charge in [0.15, 0.2) is 0 Å². The highest BCUT2D eigenvalue weighted by Gasteiger charge is 2.36. The molecule has 0 spiro atoms. The summed E-state index contributed by atoms with van der Waals surface area (Å²) in [4.78, 5) is 11.6. The molecule has 0 heterocycles. The van der Waals surface area contributed by atoms with Crippen molar-refractivity contribution < 1.29 is 4.79 Å². The van der Waals surface area contributed by atoms with Crippen LogP contribution in [0.4, 0.5) is 0 Å². The van der Waals surface area contributed by atoms with Gasteiger partial charge in [-0.1, -0.05) is 29.8 Å². The number of benzene rings is 1. The van der Waals surface area contributed by atoms with Crippen LogP contribution in [-0.2, 0) is 10.5 Å². The molecule has 0 aliphatic heterocycles. The van der Waals surface area contributed by atoms with E-state index in [1.807, 2.05) is 31.2 Å².